The average molecular weight is 568 g/mol. The first kappa shape index (κ1) is 28.7. The highest BCUT2D eigenvalue weighted by molar-refractivity contribution is 7.89. The number of sulfonamides is 1. The second kappa shape index (κ2) is 13.2. The van der Waals surface area contributed by atoms with Crippen molar-refractivity contribution in [1.29, 1.82) is 0 Å². The maximum Gasteiger partial charge on any atom is 0.251 e. The van der Waals surface area contributed by atoms with Crippen LogP contribution in [-0.2, 0) is 16.4 Å². The van der Waals surface area contributed by atoms with E-state index in [9.17, 15) is 23.4 Å². The Morgan fingerprint density at radius 3 is 2.59 bits per heavy atom. The summed E-state index contributed by atoms with van der Waals surface area (Å²) < 4.78 is 29.6. The van der Waals surface area contributed by atoms with Gasteiger partial charge in [-0.1, -0.05) is 56.2 Å². The first-order chi connectivity index (χ1) is 18.8. The van der Waals surface area contributed by atoms with Crippen LogP contribution in [0.2, 0.25) is 0 Å². The van der Waals surface area contributed by atoms with Gasteiger partial charge in [-0.25, -0.2) is 13.4 Å². The van der Waals surface area contributed by atoms with E-state index in [4.69, 9.17) is 0 Å². The van der Waals surface area contributed by atoms with Gasteiger partial charge in [0.25, 0.3) is 5.91 Å². The van der Waals surface area contributed by atoms with Gasteiger partial charge in [-0.05, 0) is 54.8 Å². The van der Waals surface area contributed by atoms with Crippen molar-refractivity contribution in [3.8, 4) is 5.75 Å². The summed E-state index contributed by atoms with van der Waals surface area (Å²) in [4.78, 5) is 17.4. The molecule has 1 amide bonds. The number of hydrogen-bond donors (Lipinski definition) is 3. The number of unbranched alkanes of at least 4 members (excludes halogenated alkanes) is 2. The maximum absolute atomic E-state index is 13.8. The van der Waals surface area contributed by atoms with Crippen LogP contribution in [-0.4, -0.2) is 59.1 Å². The molecule has 0 saturated carbocycles. The number of rotatable bonds is 13. The normalized spacial score (nSPS) is 13.4. The molecule has 0 spiro atoms. The van der Waals surface area contributed by atoms with Gasteiger partial charge < -0.3 is 15.5 Å². The minimum atomic E-state index is -3.93. The van der Waals surface area contributed by atoms with Crippen molar-refractivity contribution in [2.45, 2.75) is 49.6 Å². The molecule has 0 aliphatic carbocycles. The number of aromatic nitrogens is 1. The number of carbonyl (C=O) groups excluding carboxylic acids is 1. The molecule has 2 unspecified atom stereocenters. The number of hydrogen-bond acceptors (Lipinski definition) is 7. The third-order valence-corrected chi connectivity index (χ3v) is 9.18. The van der Waals surface area contributed by atoms with Crippen molar-refractivity contribution in [3.05, 3.63) is 89.4 Å². The van der Waals surface area contributed by atoms with Gasteiger partial charge in [-0.2, -0.15) is 4.31 Å². The Morgan fingerprint density at radius 1 is 1.05 bits per heavy atom. The van der Waals surface area contributed by atoms with Gasteiger partial charge >= 0.3 is 0 Å². The standard InChI is InChI=1S/C29H33N3O5S2/c1-2-3-7-15-32(39(36,37)24-13-14-25-28(18-24)38-20-30-25)19-27(34)26(16-21-9-5-4-6-10-21)31-29(35)22-11-8-12-23(33)17-22/h4-6,8-14,17-18,20,26-27,33-34H,2-3,7,15-16,19H2,1H3,(H,31,35). The molecule has 10 heteroatoms. The van der Waals surface area contributed by atoms with E-state index in [-0.39, 0.29) is 29.3 Å². The number of nitrogens with zero attached hydrogens (tertiary/aromatic N) is 2. The van der Waals surface area contributed by atoms with Crippen molar-refractivity contribution in [3.63, 3.8) is 0 Å². The lowest BCUT2D eigenvalue weighted by atomic mass is 10.0. The lowest BCUT2D eigenvalue weighted by Crippen LogP contribution is -2.50. The molecule has 4 rings (SSSR count). The number of aliphatic hydroxyl groups excluding tert-OH is 1. The monoisotopic (exact) mass is 567 g/mol. The number of benzene rings is 3. The number of nitrogens with one attached hydrogen (secondary N) is 1. The Morgan fingerprint density at radius 2 is 1.85 bits per heavy atom. The molecule has 3 N–H and O–H groups in total. The zero-order valence-electron chi connectivity index (χ0n) is 21.7. The summed E-state index contributed by atoms with van der Waals surface area (Å²) >= 11 is 1.37. The number of thiazole rings is 1. The first-order valence-corrected chi connectivity index (χ1v) is 15.2. The Bertz CT molecular complexity index is 1490. The Hall–Kier alpha value is -3.31. The SMILES string of the molecule is CCCCCN(CC(O)C(Cc1ccccc1)NC(=O)c1cccc(O)c1)S(=O)(=O)c1ccc2ncsc2c1. The van der Waals surface area contributed by atoms with Gasteiger partial charge in [0.15, 0.2) is 0 Å². The van der Waals surface area contributed by atoms with Crippen LogP contribution >= 0.6 is 11.3 Å². The van der Waals surface area contributed by atoms with Crippen LogP contribution in [0.15, 0.2) is 83.2 Å². The minimum Gasteiger partial charge on any atom is -0.508 e. The number of aliphatic hydroxyl groups is 1. The van der Waals surface area contributed by atoms with E-state index in [2.05, 4.69) is 10.3 Å². The molecule has 1 aromatic heterocycles. The molecule has 3 aromatic carbocycles. The molecule has 0 saturated heterocycles. The summed E-state index contributed by atoms with van der Waals surface area (Å²) in [6.45, 7) is 2.09. The largest absolute Gasteiger partial charge is 0.508 e. The Labute approximate surface area is 233 Å². The summed E-state index contributed by atoms with van der Waals surface area (Å²) in [5, 5.41) is 24.1. The van der Waals surface area contributed by atoms with Crippen LogP contribution in [0.4, 0.5) is 0 Å². The highest BCUT2D eigenvalue weighted by Gasteiger charge is 2.31. The number of aromatic hydroxyl groups is 1. The van der Waals surface area contributed by atoms with E-state index in [1.54, 1.807) is 35.8 Å². The molecule has 206 valence electrons. The van der Waals surface area contributed by atoms with Crippen molar-refractivity contribution in [2.75, 3.05) is 13.1 Å². The first-order valence-electron chi connectivity index (χ1n) is 12.9. The molecule has 39 heavy (non-hydrogen) atoms. The summed E-state index contributed by atoms with van der Waals surface area (Å²) in [5.41, 5.74) is 3.53. The molecule has 4 aromatic rings. The van der Waals surface area contributed by atoms with Crippen LogP contribution in [0.5, 0.6) is 5.75 Å². The highest BCUT2D eigenvalue weighted by atomic mass is 32.2. The number of carbonyl (C=O) groups is 1. The third kappa shape index (κ3) is 7.42. The minimum absolute atomic E-state index is 0.0473. The molecule has 0 aliphatic rings. The van der Waals surface area contributed by atoms with Gasteiger partial charge in [-0.15, -0.1) is 11.3 Å². The van der Waals surface area contributed by atoms with Crippen LogP contribution < -0.4 is 5.32 Å². The van der Waals surface area contributed by atoms with E-state index < -0.39 is 28.1 Å². The second-order valence-electron chi connectivity index (χ2n) is 9.44. The molecule has 0 bridgehead atoms. The number of phenolic OH excluding ortho intramolecular Hbond substituents is 1. The molecule has 1 heterocycles. The Kier molecular flexibility index (Phi) is 9.68. The van der Waals surface area contributed by atoms with Gasteiger partial charge in [0, 0.05) is 18.7 Å². The molecular weight excluding hydrogens is 534 g/mol. The van der Waals surface area contributed by atoms with Gasteiger partial charge in [0.1, 0.15) is 5.75 Å². The van der Waals surface area contributed by atoms with Crippen molar-refractivity contribution < 1.29 is 23.4 Å². The fraction of sp³-hybridized carbons (Fsp3) is 0.310. The van der Waals surface area contributed by atoms with Crippen LogP contribution in [0.25, 0.3) is 10.2 Å². The summed E-state index contributed by atoms with van der Waals surface area (Å²) in [6, 6.07) is 19.4. The number of fused-ring (bicyclic) bond motifs is 1. The van der Waals surface area contributed by atoms with E-state index in [1.165, 1.54) is 27.8 Å². The second-order valence-corrected chi connectivity index (χ2v) is 12.3. The molecule has 0 radical (unpaired) electrons. The fourth-order valence-corrected chi connectivity index (χ4v) is 6.69. The smallest absolute Gasteiger partial charge is 0.251 e. The van der Waals surface area contributed by atoms with Crippen molar-refractivity contribution in [2.24, 2.45) is 0 Å². The predicted molar refractivity (Wildman–Crippen MR) is 153 cm³/mol. The molecule has 8 nitrogen and oxygen atoms in total. The van der Waals surface area contributed by atoms with Gasteiger partial charge in [0.05, 0.1) is 32.8 Å². The maximum atomic E-state index is 13.8. The van der Waals surface area contributed by atoms with Crippen LogP contribution in [0, 0.1) is 0 Å². The lowest BCUT2D eigenvalue weighted by Gasteiger charge is -2.30. The highest BCUT2D eigenvalue weighted by Crippen LogP contribution is 2.25. The van der Waals surface area contributed by atoms with E-state index in [1.807, 2.05) is 37.3 Å². The van der Waals surface area contributed by atoms with Crippen LogP contribution in [0.1, 0.15) is 42.1 Å². The number of phenols is 1. The zero-order chi connectivity index (χ0) is 27.8. The van der Waals surface area contributed by atoms with E-state index >= 15 is 0 Å². The molecule has 0 fully saturated rings. The van der Waals surface area contributed by atoms with Crippen molar-refractivity contribution in [1.82, 2.24) is 14.6 Å². The average Bonchev–Trinajstić information content (AvgIpc) is 3.41. The quantitative estimate of drug-likeness (QED) is 0.203. The molecular formula is C29H33N3O5S2. The topological polar surface area (TPSA) is 120 Å². The predicted octanol–water partition coefficient (Wildman–Crippen LogP) is 4.59. The Balaban J connectivity index is 1.60. The van der Waals surface area contributed by atoms with Crippen LogP contribution in [0.3, 0.4) is 0 Å². The third-order valence-electron chi connectivity index (χ3n) is 6.53. The summed E-state index contributed by atoms with van der Waals surface area (Å²) in [6.07, 6.45) is 1.50. The zero-order valence-corrected chi connectivity index (χ0v) is 23.4. The lowest BCUT2D eigenvalue weighted by molar-refractivity contribution is 0.0782. The van der Waals surface area contributed by atoms with Crippen molar-refractivity contribution >= 4 is 37.5 Å². The molecule has 0 aliphatic heterocycles. The summed E-state index contributed by atoms with van der Waals surface area (Å²) in [5.74, 6) is -0.518. The van der Waals surface area contributed by atoms with Gasteiger partial charge in [0.2, 0.25) is 10.0 Å². The van der Waals surface area contributed by atoms with E-state index in [0.717, 1.165) is 28.6 Å². The fourth-order valence-electron chi connectivity index (χ4n) is 4.38. The van der Waals surface area contributed by atoms with E-state index in [0.29, 0.717) is 12.8 Å². The van der Waals surface area contributed by atoms with Gasteiger partial charge in [-0.3, -0.25) is 4.79 Å². The number of amides is 1. The summed E-state index contributed by atoms with van der Waals surface area (Å²) in [7, 11) is -3.93. The molecule has 2 atom stereocenters.